The Balaban J connectivity index is 2.02. The predicted molar refractivity (Wildman–Crippen MR) is 70.6 cm³/mol. The van der Waals surface area contributed by atoms with Crippen LogP contribution in [0.5, 0.6) is 0 Å². The van der Waals surface area contributed by atoms with Crippen molar-refractivity contribution >= 4 is 0 Å². The highest BCUT2D eigenvalue weighted by Gasteiger charge is 2.06. The molecule has 0 saturated heterocycles. The van der Waals surface area contributed by atoms with Crippen molar-refractivity contribution in [1.29, 1.82) is 5.26 Å². The summed E-state index contributed by atoms with van der Waals surface area (Å²) in [5.41, 5.74) is 2.74. The lowest BCUT2D eigenvalue weighted by molar-refractivity contribution is 0.561. The van der Waals surface area contributed by atoms with Crippen LogP contribution in [0.15, 0.2) is 48.7 Å². The predicted octanol–water partition coefficient (Wildman–Crippen LogP) is 2.80. The van der Waals surface area contributed by atoms with Crippen molar-refractivity contribution in [3.63, 3.8) is 0 Å². The first-order chi connectivity index (χ1) is 8.81. The van der Waals surface area contributed by atoms with Crippen molar-refractivity contribution in [3.8, 4) is 6.07 Å². The lowest BCUT2D eigenvalue weighted by Crippen LogP contribution is -2.19. The number of nitrogens with one attached hydrogen (secondary N) is 1. The highest BCUT2D eigenvalue weighted by molar-refractivity contribution is 5.37. The molecule has 3 nitrogen and oxygen atoms in total. The van der Waals surface area contributed by atoms with Crippen LogP contribution < -0.4 is 5.32 Å². The zero-order chi connectivity index (χ0) is 12.8. The van der Waals surface area contributed by atoms with E-state index in [1.165, 1.54) is 0 Å². The molecule has 0 saturated carbocycles. The molecule has 0 fully saturated rings. The summed E-state index contributed by atoms with van der Waals surface area (Å²) in [6.07, 6.45) is 1.79. The highest BCUT2D eigenvalue weighted by Crippen LogP contribution is 2.11. The SMILES string of the molecule is C[C@@H](NCc1ccccc1C#N)c1ccccn1. The van der Waals surface area contributed by atoms with E-state index in [1.54, 1.807) is 6.20 Å². The quantitative estimate of drug-likeness (QED) is 0.889. The minimum absolute atomic E-state index is 0.165. The minimum Gasteiger partial charge on any atom is -0.305 e. The van der Waals surface area contributed by atoms with E-state index in [0.29, 0.717) is 6.54 Å². The van der Waals surface area contributed by atoms with Gasteiger partial charge in [0.2, 0.25) is 0 Å². The minimum atomic E-state index is 0.165. The monoisotopic (exact) mass is 237 g/mol. The maximum absolute atomic E-state index is 9.01. The second-order valence-corrected chi connectivity index (χ2v) is 4.13. The molecule has 1 aromatic carbocycles. The summed E-state index contributed by atoms with van der Waals surface area (Å²) in [4.78, 5) is 4.31. The molecule has 1 heterocycles. The van der Waals surface area contributed by atoms with Gasteiger partial charge in [-0.3, -0.25) is 4.98 Å². The van der Waals surface area contributed by atoms with Gasteiger partial charge in [-0.1, -0.05) is 24.3 Å². The molecule has 0 aliphatic heterocycles. The van der Waals surface area contributed by atoms with Gasteiger partial charge in [0.1, 0.15) is 0 Å². The van der Waals surface area contributed by atoms with Gasteiger partial charge in [-0.25, -0.2) is 0 Å². The average Bonchev–Trinajstić information content (AvgIpc) is 2.46. The summed E-state index contributed by atoms with van der Waals surface area (Å²) in [6, 6.07) is 15.9. The fourth-order valence-electron chi connectivity index (χ4n) is 1.78. The smallest absolute Gasteiger partial charge is 0.0995 e. The lowest BCUT2D eigenvalue weighted by atomic mass is 10.1. The third kappa shape index (κ3) is 2.93. The van der Waals surface area contributed by atoms with E-state index < -0.39 is 0 Å². The second-order valence-electron chi connectivity index (χ2n) is 4.13. The third-order valence-electron chi connectivity index (χ3n) is 2.87. The number of hydrogen-bond donors (Lipinski definition) is 1. The van der Waals surface area contributed by atoms with E-state index in [0.717, 1.165) is 16.8 Å². The molecule has 1 aromatic heterocycles. The van der Waals surface area contributed by atoms with Gasteiger partial charge in [0.15, 0.2) is 0 Å². The van der Waals surface area contributed by atoms with E-state index in [4.69, 9.17) is 5.26 Å². The van der Waals surface area contributed by atoms with Crippen LogP contribution in [-0.2, 0) is 6.54 Å². The van der Waals surface area contributed by atoms with Gasteiger partial charge in [-0.05, 0) is 30.7 Å². The molecule has 1 atom stereocenters. The van der Waals surface area contributed by atoms with Crippen molar-refractivity contribution in [1.82, 2.24) is 10.3 Å². The van der Waals surface area contributed by atoms with Crippen LogP contribution >= 0.6 is 0 Å². The Morgan fingerprint density at radius 3 is 2.72 bits per heavy atom. The normalized spacial score (nSPS) is 11.8. The van der Waals surface area contributed by atoms with Crippen molar-refractivity contribution in [2.75, 3.05) is 0 Å². The number of aromatic nitrogens is 1. The Morgan fingerprint density at radius 1 is 1.22 bits per heavy atom. The first kappa shape index (κ1) is 12.3. The van der Waals surface area contributed by atoms with Crippen LogP contribution in [0, 0.1) is 11.3 Å². The van der Waals surface area contributed by atoms with Crippen LogP contribution in [0.4, 0.5) is 0 Å². The van der Waals surface area contributed by atoms with Gasteiger partial charge in [-0.2, -0.15) is 5.26 Å². The van der Waals surface area contributed by atoms with E-state index in [9.17, 15) is 0 Å². The fourth-order valence-corrected chi connectivity index (χ4v) is 1.78. The Hall–Kier alpha value is -2.18. The first-order valence-electron chi connectivity index (χ1n) is 5.93. The number of benzene rings is 1. The van der Waals surface area contributed by atoms with E-state index in [2.05, 4.69) is 23.3 Å². The molecule has 0 radical (unpaired) electrons. The Labute approximate surface area is 107 Å². The molecule has 0 aliphatic carbocycles. The molecule has 2 aromatic rings. The van der Waals surface area contributed by atoms with Crippen molar-refractivity contribution < 1.29 is 0 Å². The van der Waals surface area contributed by atoms with Gasteiger partial charge in [-0.15, -0.1) is 0 Å². The average molecular weight is 237 g/mol. The summed E-state index contributed by atoms with van der Waals surface area (Å²) in [5.74, 6) is 0. The maximum Gasteiger partial charge on any atom is 0.0995 e. The molecule has 2 rings (SSSR count). The highest BCUT2D eigenvalue weighted by atomic mass is 14.9. The van der Waals surface area contributed by atoms with Crippen molar-refractivity contribution in [3.05, 3.63) is 65.5 Å². The summed E-state index contributed by atoms with van der Waals surface area (Å²) >= 11 is 0. The lowest BCUT2D eigenvalue weighted by Gasteiger charge is -2.13. The topological polar surface area (TPSA) is 48.7 Å². The number of nitrogens with zero attached hydrogens (tertiary/aromatic N) is 2. The molecule has 0 unspecified atom stereocenters. The number of hydrogen-bond acceptors (Lipinski definition) is 3. The van der Waals surface area contributed by atoms with Gasteiger partial charge in [0.05, 0.1) is 17.3 Å². The molecule has 18 heavy (non-hydrogen) atoms. The number of rotatable bonds is 4. The first-order valence-corrected chi connectivity index (χ1v) is 5.93. The fraction of sp³-hybridized carbons (Fsp3) is 0.200. The molecule has 0 aliphatic rings. The molecule has 1 N–H and O–H groups in total. The Morgan fingerprint density at radius 2 is 2.00 bits per heavy atom. The summed E-state index contributed by atoms with van der Waals surface area (Å²) < 4.78 is 0. The van der Waals surface area contributed by atoms with E-state index in [1.807, 2.05) is 42.5 Å². The molecule has 90 valence electrons. The Kier molecular flexibility index (Phi) is 4.06. The summed E-state index contributed by atoms with van der Waals surface area (Å²) in [6.45, 7) is 2.73. The van der Waals surface area contributed by atoms with Gasteiger partial charge in [0, 0.05) is 18.8 Å². The van der Waals surface area contributed by atoms with E-state index >= 15 is 0 Å². The van der Waals surface area contributed by atoms with Gasteiger partial charge in [0.25, 0.3) is 0 Å². The van der Waals surface area contributed by atoms with Crippen LogP contribution in [0.3, 0.4) is 0 Å². The van der Waals surface area contributed by atoms with Crippen LogP contribution in [0.2, 0.25) is 0 Å². The van der Waals surface area contributed by atoms with E-state index in [-0.39, 0.29) is 6.04 Å². The zero-order valence-corrected chi connectivity index (χ0v) is 10.3. The largest absolute Gasteiger partial charge is 0.305 e. The molecule has 0 bridgehead atoms. The Bertz CT molecular complexity index is 543. The van der Waals surface area contributed by atoms with Crippen LogP contribution in [0.25, 0.3) is 0 Å². The molecule has 3 heteroatoms. The third-order valence-corrected chi connectivity index (χ3v) is 2.87. The molecular formula is C15H15N3. The molecule has 0 spiro atoms. The zero-order valence-electron chi connectivity index (χ0n) is 10.3. The van der Waals surface area contributed by atoms with Crippen LogP contribution in [0.1, 0.15) is 29.8 Å². The maximum atomic E-state index is 9.01. The van der Waals surface area contributed by atoms with Crippen molar-refractivity contribution in [2.45, 2.75) is 19.5 Å². The van der Waals surface area contributed by atoms with Crippen LogP contribution in [-0.4, -0.2) is 4.98 Å². The van der Waals surface area contributed by atoms with Crippen molar-refractivity contribution in [2.24, 2.45) is 0 Å². The molecule has 0 amide bonds. The standard InChI is InChI=1S/C15H15N3/c1-12(15-8-4-5-9-17-15)18-11-14-7-3-2-6-13(14)10-16/h2-9,12,18H,11H2,1H3/t12-/m1/s1. The number of nitriles is 1. The molecular weight excluding hydrogens is 222 g/mol. The van der Waals surface area contributed by atoms with Gasteiger partial charge < -0.3 is 5.32 Å². The summed E-state index contributed by atoms with van der Waals surface area (Å²) in [5, 5.41) is 12.4. The van der Waals surface area contributed by atoms with Gasteiger partial charge >= 0.3 is 0 Å². The number of pyridine rings is 1. The summed E-state index contributed by atoms with van der Waals surface area (Å²) in [7, 11) is 0. The second kappa shape index (κ2) is 5.95.